The van der Waals surface area contributed by atoms with Crippen molar-refractivity contribution in [3.05, 3.63) is 11.4 Å². The van der Waals surface area contributed by atoms with Crippen molar-refractivity contribution in [2.75, 3.05) is 0 Å². The molecule has 0 bridgehead atoms. The first-order valence-electron chi connectivity index (χ1n) is 5.76. The number of carboxylic acid groups (broad SMARTS) is 1. The van der Waals surface area contributed by atoms with E-state index in [9.17, 15) is 4.79 Å². The topological polar surface area (TPSA) is 68.0 Å². The van der Waals surface area contributed by atoms with E-state index in [1.807, 2.05) is 0 Å². The van der Waals surface area contributed by atoms with E-state index in [0.717, 1.165) is 25.7 Å². The van der Waals surface area contributed by atoms with E-state index >= 15 is 0 Å². The van der Waals surface area contributed by atoms with E-state index in [2.05, 4.69) is 24.2 Å². The Bertz CT molecular complexity index is 354. The van der Waals surface area contributed by atoms with Crippen LogP contribution in [-0.4, -0.2) is 26.1 Å². The maximum atomic E-state index is 10.9. The smallest absolute Gasteiger partial charge is 0.358 e. The average Bonchev–Trinajstić information content (AvgIpc) is 2.60. The molecule has 0 aromatic carbocycles. The van der Waals surface area contributed by atoms with Gasteiger partial charge in [0.2, 0.25) is 0 Å². The van der Waals surface area contributed by atoms with Gasteiger partial charge in [-0.1, -0.05) is 31.9 Å². The van der Waals surface area contributed by atoms with Crippen molar-refractivity contribution >= 4 is 5.97 Å². The van der Waals surface area contributed by atoms with Gasteiger partial charge in [0.1, 0.15) is 0 Å². The molecule has 1 aromatic heterocycles. The second kappa shape index (κ2) is 5.63. The largest absolute Gasteiger partial charge is 0.476 e. The summed E-state index contributed by atoms with van der Waals surface area (Å²) in [5, 5.41) is 16.6. The maximum Gasteiger partial charge on any atom is 0.358 e. The summed E-state index contributed by atoms with van der Waals surface area (Å²) < 4.78 is 1.76. The van der Waals surface area contributed by atoms with Crippen LogP contribution in [0.2, 0.25) is 0 Å². The molecule has 1 rings (SSSR count). The van der Waals surface area contributed by atoms with Crippen LogP contribution in [0.3, 0.4) is 0 Å². The number of aromatic carboxylic acids is 1. The zero-order valence-electron chi connectivity index (χ0n) is 10.1. The van der Waals surface area contributed by atoms with Crippen LogP contribution in [0.5, 0.6) is 0 Å². The van der Waals surface area contributed by atoms with Crippen molar-refractivity contribution < 1.29 is 9.90 Å². The third kappa shape index (κ3) is 2.59. The SMILES string of the molecule is CCCC(CCC)n1nnc(C(=O)O)c1C. The quantitative estimate of drug-likeness (QED) is 0.807. The first-order chi connectivity index (χ1) is 7.61. The van der Waals surface area contributed by atoms with Crippen LogP contribution in [0, 0.1) is 6.92 Å². The highest BCUT2D eigenvalue weighted by molar-refractivity contribution is 5.86. The lowest BCUT2D eigenvalue weighted by molar-refractivity contribution is 0.0689. The molecule has 0 saturated heterocycles. The Morgan fingerprint density at radius 3 is 2.31 bits per heavy atom. The molecule has 5 nitrogen and oxygen atoms in total. The molecule has 1 aromatic rings. The fourth-order valence-corrected chi connectivity index (χ4v) is 1.94. The van der Waals surface area contributed by atoms with Crippen LogP contribution >= 0.6 is 0 Å². The number of hydrogen-bond donors (Lipinski definition) is 1. The number of hydrogen-bond acceptors (Lipinski definition) is 3. The van der Waals surface area contributed by atoms with Gasteiger partial charge in [-0.2, -0.15) is 0 Å². The van der Waals surface area contributed by atoms with E-state index < -0.39 is 5.97 Å². The normalized spacial score (nSPS) is 11.0. The minimum atomic E-state index is -1.00. The monoisotopic (exact) mass is 225 g/mol. The van der Waals surface area contributed by atoms with Crippen molar-refractivity contribution in [3.8, 4) is 0 Å². The van der Waals surface area contributed by atoms with Crippen LogP contribution < -0.4 is 0 Å². The van der Waals surface area contributed by atoms with Crippen LogP contribution in [-0.2, 0) is 0 Å². The summed E-state index contributed by atoms with van der Waals surface area (Å²) in [5.41, 5.74) is 0.719. The number of aromatic nitrogens is 3. The van der Waals surface area contributed by atoms with E-state index in [1.54, 1.807) is 11.6 Å². The predicted molar refractivity (Wildman–Crippen MR) is 60.6 cm³/mol. The maximum absolute atomic E-state index is 10.9. The molecule has 0 saturated carbocycles. The Hall–Kier alpha value is -1.39. The zero-order valence-corrected chi connectivity index (χ0v) is 10.1. The number of rotatable bonds is 6. The first kappa shape index (κ1) is 12.7. The molecule has 0 fully saturated rings. The lowest BCUT2D eigenvalue weighted by Crippen LogP contribution is -2.13. The Balaban J connectivity index is 2.96. The third-order valence-electron chi connectivity index (χ3n) is 2.72. The minimum absolute atomic E-state index is 0.0669. The van der Waals surface area contributed by atoms with Gasteiger partial charge < -0.3 is 5.11 Å². The lowest BCUT2D eigenvalue weighted by atomic mass is 10.1. The Morgan fingerprint density at radius 2 is 1.94 bits per heavy atom. The predicted octanol–water partition coefficient (Wildman–Crippen LogP) is 2.43. The minimum Gasteiger partial charge on any atom is -0.476 e. The highest BCUT2D eigenvalue weighted by atomic mass is 16.4. The van der Waals surface area contributed by atoms with E-state index in [4.69, 9.17) is 5.11 Å². The van der Waals surface area contributed by atoms with Crippen LogP contribution in [0.25, 0.3) is 0 Å². The first-order valence-corrected chi connectivity index (χ1v) is 5.76. The van der Waals surface area contributed by atoms with Crippen molar-refractivity contribution in [2.24, 2.45) is 0 Å². The van der Waals surface area contributed by atoms with Gasteiger partial charge in [-0.05, 0) is 19.8 Å². The molecule has 0 aliphatic heterocycles. The van der Waals surface area contributed by atoms with E-state index in [0.29, 0.717) is 5.69 Å². The molecular weight excluding hydrogens is 206 g/mol. The van der Waals surface area contributed by atoms with Gasteiger partial charge in [-0.15, -0.1) is 5.10 Å². The third-order valence-corrected chi connectivity index (χ3v) is 2.72. The van der Waals surface area contributed by atoms with Gasteiger partial charge in [0.25, 0.3) is 0 Å². The highest BCUT2D eigenvalue weighted by Gasteiger charge is 2.19. The van der Waals surface area contributed by atoms with Crippen molar-refractivity contribution in [1.29, 1.82) is 0 Å². The lowest BCUT2D eigenvalue weighted by Gasteiger charge is -2.16. The Labute approximate surface area is 95.5 Å². The summed E-state index contributed by atoms with van der Waals surface area (Å²) in [4.78, 5) is 10.9. The standard InChI is InChI=1S/C11H19N3O2/c1-4-6-9(7-5-2)14-8(3)10(11(15)16)12-13-14/h9H,4-7H2,1-3H3,(H,15,16). The fraction of sp³-hybridized carbons (Fsp3) is 0.727. The average molecular weight is 225 g/mol. The second-order valence-corrected chi connectivity index (χ2v) is 4.00. The molecule has 90 valence electrons. The van der Waals surface area contributed by atoms with E-state index in [-0.39, 0.29) is 11.7 Å². The van der Waals surface area contributed by atoms with Gasteiger partial charge in [0.15, 0.2) is 5.69 Å². The van der Waals surface area contributed by atoms with E-state index in [1.165, 1.54) is 0 Å². The molecule has 0 radical (unpaired) electrons. The summed E-state index contributed by atoms with van der Waals surface area (Å²) in [5.74, 6) is -1.00. The Kier molecular flexibility index (Phi) is 4.46. The molecule has 0 unspecified atom stereocenters. The van der Waals surface area contributed by atoms with Crippen LogP contribution in [0.1, 0.15) is 61.8 Å². The number of carbonyl (C=O) groups is 1. The molecule has 5 heteroatoms. The molecule has 1 heterocycles. The summed E-state index contributed by atoms with van der Waals surface area (Å²) in [6.07, 6.45) is 4.15. The molecule has 0 aliphatic rings. The van der Waals surface area contributed by atoms with Crippen molar-refractivity contribution in [3.63, 3.8) is 0 Å². The summed E-state index contributed by atoms with van der Waals surface area (Å²) >= 11 is 0. The molecule has 0 spiro atoms. The molecule has 0 aliphatic carbocycles. The Morgan fingerprint density at radius 1 is 1.38 bits per heavy atom. The van der Waals surface area contributed by atoms with Gasteiger partial charge in [0.05, 0.1) is 11.7 Å². The number of carboxylic acids is 1. The highest BCUT2D eigenvalue weighted by Crippen LogP contribution is 2.21. The number of nitrogens with zero attached hydrogens (tertiary/aromatic N) is 3. The zero-order chi connectivity index (χ0) is 12.1. The summed E-state index contributed by atoms with van der Waals surface area (Å²) in [6, 6.07) is 0.274. The summed E-state index contributed by atoms with van der Waals surface area (Å²) in [6.45, 7) is 6.00. The second-order valence-electron chi connectivity index (χ2n) is 4.00. The van der Waals surface area contributed by atoms with Gasteiger partial charge in [-0.3, -0.25) is 0 Å². The fourth-order valence-electron chi connectivity index (χ4n) is 1.94. The molecule has 0 atom stereocenters. The van der Waals surface area contributed by atoms with Crippen LogP contribution in [0.4, 0.5) is 0 Å². The molecule has 16 heavy (non-hydrogen) atoms. The molecule has 1 N–H and O–H groups in total. The van der Waals surface area contributed by atoms with Crippen LogP contribution in [0.15, 0.2) is 0 Å². The van der Waals surface area contributed by atoms with Crippen molar-refractivity contribution in [2.45, 2.75) is 52.5 Å². The van der Waals surface area contributed by atoms with Gasteiger partial charge >= 0.3 is 5.97 Å². The van der Waals surface area contributed by atoms with Crippen molar-refractivity contribution in [1.82, 2.24) is 15.0 Å². The van der Waals surface area contributed by atoms with Gasteiger partial charge in [0, 0.05) is 0 Å². The molecule has 0 amide bonds. The van der Waals surface area contributed by atoms with Gasteiger partial charge in [-0.25, -0.2) is 9.48 Å². The molecular formula is C11H19N3O2. The summed E-state index contributed by atoms with van der Waals surface area (Å²) in [7, 11) is 0.